The van der Waals surface area contributed by atoms with Gasteiger partial charge in [-0.05, 0) is 38.6 Å². The molecule has 1 aliphatic heterocycles. The van der Waals surface area contributed by atoms with Crippen LogP contribution in [0.25, 0.3) is 10.4 Å². The molecule has 0 bridgehead atoms. The second-order valence-corrected chi connectivity index (χ2v) is 12.7. The van der Waals surface area contributed by atoms with Gasteiger partial charge in [0.25, 0.3) is 5.91 Å². The van der Waals surface area contributed by atoms with Gasteiger partial charge in [0.15, 0.2) is 15.5 Å². The number of sulfone groups is 1. The lowest BCUT2D eigenvalue weighted by Crippen LogP contribution is -2.54. The molecular weight excluding hydrogens is 508 g/mol. The molecule has 1 amide bonds. The third-order valence-corrected chi connectivity index (χ3v) is 9.86. The minimum atomic E-state index is -4.96. The number of carbonyl (C=O) groups excluding carboxylic acids is 2. The summed E-state index contributed by atoms with van der Waals surface area (Å²) >= 11 is 0. The SMILES string of the molecule is CCOC(=O)c1nn(C)c2c1CCN(CC1(S(=O)(=O)C(C)(CN=[N+]=[N-])COS(=O)(=O)O)CC1)C2=O. The molecule has 1 fully saturated rings. The lowest BCUT2D eigenvalue weighted by molar-refractivity contribution is 0.0517. The summed E-state index contributed by atoms with van der Waals surface area (Å²) in [6.07, 6.45) is 0.618. The van der Waals surface area contributed by atoms with Crippen LogP contribution in [-0.4, -0.2) is 90.3 Å². The molecule has 1 unspecified atom stereocenters. The van der Waals surface area contributed by atoms with Crippen molar-refractivity contribution in [3.05, 3.63) is 27.4 Å². The van der Waals surface area contributed by atoms with Crippen molar-refractivity contribution in [3.8, 4) is 0 Å². The minimum absolute atomic E-state index is 0.0374. The van der Waals surface area contributed by atoms with Gasteiger partial charge in [0.05, 0.1) is 18.0 Å². The molecule has 2 aliphatic rings. The average Bonchev–Trinajstić information content (AvgIpc) is 3.49. The molecule has 1 atom stereocenters. The first-order valence-electron chi connectivity index (χ1n) is 10.6. The first-order valence-corrected chi connectivity index (χ1v) is 13.5. The molecule has 194 valence electrons. The molecule has 1 N–H and O–H groups in total. The van der Waals surface area contributed by atoms with Crippen molar-refractivity contribution in [3.63, 3.8) is 0 Å². The second kappa shape index (κ2) is 9.39. The summed E-state index contributed by atoms with van der Waals surface area (Å²) in [6.45, 7) is 1.24. The fourth-order valence-corrected chi connectivity index (χ4v) is 7.13. The van der Waals surface area contributed by atoms with E-state index in [0.717, 1.165) is 6.92 Å². The maximum Gasteiger partial charge on any atom is 0.397 e. The molecule has 2 heterocycles. The number of aryl methyl sites for hydroxylation is 1. The molecular formula is C18H26N6O9S2. The number of hydrogen-bond acceptors (Lipinski definition) is 10. The van der Waals surface area contributed by atoms with E-state index in [1.54, 1.807) is 6.92 Å². The lowest BCUT2D eigenvalue weighted by Gasteiger charge is -2.36. The molecule has 0 spiro atoms. The molecule has 0 saturated heterocycles. The molecule has 35 heavy (non-hydrogen) atoms. The Bertz CT molecular complexity index is 1300. The molecule has 1 aliphatic carbocycles. The van der Waals surface area contributed by atoms with Gasteiger partial charge in [0, 0.05) is 37.2 Å². The Morgan fingerprint density at radius 3 is 2.54 bits per heavy atom. The summed E-state index contributed by atoms with van der Waals surface area (Å²) in [5, 5.41) is 7.41. The number of aromatic nitrogens is 2. The van der Waals surface area contributed by atoms with Gasteiger partial charge in [-0.2, -0.15) is 13.5 Å². The van der Waals surface area contributed by atoms with Crippen LogP contribution in [0.1, 0.15) is 53.2 Å². The van der Waals surface area contributed by atoms with E-state index in [2.05, 4.69) is 19.3 Å². The maximum atomic E-state index is 13.7. The summed E-state index contributed by atoms with van der Waals surface area (Å²) < 4.78 is 65.6. The van der Waals surface area contributed by atoms with Crippen LogP contribution in [0, 0.1) is 0 Å². The highest BCUT2D eigenvalue weighted by molar-refractivity contribution is 7.94. The fourth-order valence-electron chi connectivity index (χ4n) is 4.19. The van der Waals surface area contributed by atoms with Crippen LogP contribution in [0.5, 0.6) is 0 Å². The predicted octanol–water partition coefficient (Wildman–Crippen LogP) is 0.431. The molecule has 17 heteroatoms. The van der Waals surface area contributed by atoms with Crippen LogP contribution in [0.2, 0.25) is 0 Å². The maximum absolute atomic E-state index is 13.7. The molecule has 1 saturated carbocycles. The van der Waals surface area contributed by atoms with Crippen molar-refractivity contribution in [2.24, 2.45) is 12.2 Å². The first kappa shape index (κ1) is 26.9. The van der Waals surface area contributed by atoms with Gasteiger partial charge in [0.2, 0.25) is 0 Å². The van der Waals surface area contributed by atoms with Crippen molar-refractivity contribution in [2.75, 3.05) is 32.8 Å². The number of esters is 1. The highest BCUT2D eigenvalue weighted by atomic mass is 32.3. The van der Waals surface area contributed by atoms with Crippen LogP contribution in [-0.2, 0) is 42.6 Å². The van der Waals surface area contributed by atoms with E-state index in [1.807, 2.05) is 0 Å². The fraction of sp³-hybridized carbons (Fsp3) is 0.722. The van der Waals surface area contributed by atoms with E-state index >= 15 is 0 Å². The summed E-state index contributed by atoms with van der Waals surface area (Å²) in [6, 6.07) is 0. The van der Waals surface area contributed by atoms with E-state index in [0.29, 0.717) is 5.56 Å². The van der Waals surface area contributed by atoms with Crippen molar-refractivity contribution >= 4 is 32.1 Å². The zero-order valence-electron chi connectivity index (χ0n) is 19.4. The quantitative estimate of drug-likeness (QED) is 0.136. The van der Waals surface area contributed by atoms with E-state index in [-0.39, 0.29) is 50.3 Å². The standard InChI is InChI=1S/C18H26N6O9S2/c1-4-32-16(26)13-12-5-8-24(15(25)14(12)23(3)21-13)10-18(6-7-18)34(27,28)17(2,9-20-22-19)11-33-35(29,30)31/h4-11H2,1-3H3,(H,29,30,31). The third kappa shape index (κ3) is 4.99. The summed E-state index contributed by atoms with van der Waals surface area (Å²) in [7, 11) is -7.73. The van der Waals surface area contributed by atoms with Gasteiger partial charge in [-0.3, -0.25) is 14.0 Å². The summed E-state index contributed by atoms with van der Waals surface area (Å²) in [4.78, 5) is 29.4. The zero-order valence-corrected chi connectivity index (χ0v) is 21.0. The van der Waals surface area contributed by atoms with Crippen molar-refractivity contribution in [2.45, 2.75) is 42.6 Å². The molecule has 1 aromatic rings. The largest absolute Gasteiger partial charge is 0.461 e. The molecule has 3 rings (SSSR count). The monoisotopic (exact) mass is 534 g/mol. The number of fused-ring (bicyclic) bond motifs is 1. The average molecular weight is 535 g/mol. The topological polar surface area (TPSA) is 211 Å². The lowest BCUT2D eigenvalue weighted by atomic mass is 10.0. The Morgan fingerprint density at radius 1 is 1.34 bits per heavy atom. The molecule has 1 aromatic heterocycles. The zero-order chi connectivity index (χ0) is 26.2. The predicted molar refractivity (Wildman–Crippen MR) is 120 cm³/mol. The van der Waals surface area contributed by atoms with Crippen LogP contribution >= 0.6 is 0 Å². The van der Waals surface area contributed by atoms with E-state index in [9.17, 15) is 26.4 Å². The highest BCUT2D eigenvalue weighted by Crippen LogP contribution is 2.49. The van der Waals surface area contributed by atoms with Crippen LogP contribution in [0.3, 0.4) is 0 Å². The number of azide groups is 1. The number of carbonyl (C=O) groups is 2. The first-order chi connectivity index (χ1) is 16.2. The Kier molecular flexibility index (Phi) is 7.21. The summed E-state index contributed by atoms with van der Waals surface area (Å²) in [5.41, 5.74) is 9.31. The normalized spacial score (nSPS) is 18.9. The number of amides is 1. The van der Waals surface area contributed by atoms with Gasteiger partial charge < -0.3 is 9.64 Å². The molecule has 0 aromatic carbocycles. The Balaban J connectivity index is 1.89. The number of nitrogens with zero attached hydrogens (tertiary/aromatic N) is 6. The van der Waals surface area contributed by atoms with Crippen LogP contribution in [0.15, 0.2) is 5.11 Å². The summed E-state index contributed by atoms with van der Waals surface area (Å²) in [5.74, 6) is -1.16. The van der Waals surface area contributed by atoms with Crippen LogP contribution < -0.4 is 0 Å². The van der Waals surface area contributed by atoms with Gasteiger partial charge in [-0.25, -0.2) is 17.4 Å². The molecule has 0 radical (unpaired) electrons. The Morgan fingerprint density at radius 2 is 2.00 bits per heavy atom. The third-order valence-electron chi connectivity index (χ3n) is 6.22. The van der Waals surface area contributed by atoms with E-state index in [1.165, 1.54) is 16.6 Å². The minimum Gasteiger partial charge on any atom is -0.461 e. The number of hydrogen-bond donors (Lipinski definition) is 1. The van der Waals surface area contributed by atoms with Crippen molar-refractivity contribution in [1.82, 2.24) is 14.7 Å². The van der Waals surface area contributed by atoms with Crippen molar-refractivity contribution in [1.29, 1.82) is 0 Å². The Hall–Kier alpha value is -2.72. The van der Waals surface area contributed by atoms with Crippen LogP contribution in [0.4, 0.5) is 0 Å². The van der Waals surface area contributed by atoms with Gasteiger partial charge in [0.1, 0.15) is 10.4 Å². The van der Waals surface area contributed by atoms with Crippen molar-refractivity contribution < 1.29 is 39.9 Å². The smallest absolute Gasteiger partial charge is 0.397 e. The van der Waals surface area contributed by atoms with Gasteiger partial charge in [-0.1, -0.05) is 5.11 Å². The van der Waals surface area contributed by atoms with Gasteiger partial charge >= 0.3 is 16.4 Å². The van der Waals surface area contributed by atoms with E-state index in [4.69, 9.17) is 14.8 Å². The molecule has 15 nitrogen and oxygen atoms in total. The number of rotatable bonds is 11. The number of ether oxygens (including phenoxy) is 1. The van der Waals surface area contributed by atoms with E-state index < -0.39 is 54.8 Å². The Labute approximate surface area is 201 Å². The highest BCUT2D eigenvalue weighted by Gasteiger charge is 2.62. The van der Waals surface area contributed by atoms with Gasteiger partial charge in [-0.15, -0.1) is 0 Å². The second-order valence-electron chi connectivity index (χ2n) is 8.71.